The summed E-state index contributed by atoms with van der Waals surface area (Å²) in [6, 6.07) is 24.5. The van der Waals surface area contributed by atoms with Gasteiger partial charge in [0.05, 0.1) is 25.8 Å². The summed E-state index contributed by atoms with van der Waals surface area (Å²) in [5.74, 6) is 0.211. The largest absolute Gasteiger partial charge is 0.493 e. The summed E-state index contributed by atoms with van der Waals surface area (Å²) in [4.78, 5) is 26.2. The van der Waals surface area contributed by atoms with Crippen molar-refractivity contribution in [2.24, 2.45) is 0 Å². The summed E-state index contributed by atoms with van der Waals surface area (Å²) in [5.41, 5.74) is 0.664. The number of esters is 1. The van der Waals surface area contributed by atoms with Crippen molar-refractivity contribution in [1.29, 1.82) is 0 Å². The molecule has 3 rings (SSSR count). The predicted octanol–water partition coefficient (Wildman–Crippen LogP) is 4.80. The van der Waals surface area contributed by atoms with Gasteiger partial charge in [-0.25, -0.2) is 0 Å². The number of ether oxygens (including phenoxy) is 3. The molecule has 0 aliphatic carbocycles. The lowest BCUT2D eigenvalue weighted by Crippen LogP contribution is -2.22. The molecule has 1 N–H and O–H groups in total. The molecule has 0 spiro atoms. The number of rotatable bonds is 10. The first-order chi connectivity index (χ1) is 15.2. The van der Waals surface area contributed by atoms with Crippen molar-refractivity contribution in [3.63, 3.8) is 0 Å². The fraction of sp³-hybridized carbons (Fsp3) is 0.167. The maximum Gasteiger partial charge on any atom is 0.309 e. The molecular weight excluding hydrogens is 414 g/mol. The number of hydrogen-bond acceptors (Lipinski definition) is 6. The van der Waals surface area contributed by atoms with Gasteiger partial charge in [-0.1, -0.05) is 54.2 Å². The second kappa shape index (κ2) is 11.7. The Balaban J connectivity index is 1.44. The lowest BCUT2D eigenvalue weighted by atomic mass is 10.3. The van der Waals surface area contributed by atoms with E-state index in [1.807, 2.05) is 66.7 Å². The maximum absolute atomic E-state index is 12.3. The van der Waals surface area contributed by atoms with Crippen LogP contribution in [0.3, 0.4) is 0 Å². The van der Waals surface area contributed by atoms with Crippen LogP contribution in [0, 0.1) is 0 Å². The molecule has 0 saturated heterocycles. The molecule has 0 heterocycles. The van der Waals surface area contributed by atoms with Gasteiger partial charge in [-0.2, -0.15) is 0 Å². The second-order valence-electron chi connectivity index (χ2n) is 6.37. The number of amides is 1. The molecule has 0 saturated carbocycles. The van der Waals surface area contributed by atoms with Crippen molar-refractivity contribution in [2.45, 2.75) is 16.2 Å². The molecule has 1 amide bonds. The van der Waals surface area contributed by atoms with Crippen molar-refractivity contribution < 1.29 is 23.8 Å². The summed E-state index contributed by atoms with van der Waals surface area (Å²) in [6.07, 6.45) is 0.0196. The topological polar surface area (TPSA) is 73.9 Å². The van der Waals surface area contributed by atoms with E-state index < -0.39 is 11.9 Å². The molecule has 0 aromatic heterocycles. The number of anilines is 1. The van der Waals surface area contributed by atoms with Gasteiger partial charge in [-0.3, -0.25) is 9.59 Å². The smallest absolute Gasteiger partial charge is 0.309 e. The first-order valence-corrected chi connectivity index (χ1v) is 10.5. The van der Waals surface area contributed by atoms with E-state index >= 15 is 0 Å². The molecule has 0 fully saturated rings. The highest BCUT2D eigenvalue weighted by atomic mass is 32.2. The summed E-state index contributed by atoms with van der Waals surface area (Å²) >= 11 is 1.54. The maximum atomic E-state index is 12.3. The third-order valence-corrected chi connectivity index (χ3v) is 5.21. The molecule has 160 valence electrons. The molecule has 0 unspecified atom stereocenters. The Bertz CT molecular complexity index is 1010. The second-order valence-corrected chi connectivity index (χ2v) is 7.48. The highest BCUT2D eigenvalue weighted by molar-refractivity contribution is 7.99. The molecule has 0 aliphatic heterocycles. The van der Waals surface area contributed by atoms with Gasteiger partial charge in [0.25, 0.3) is 5.91 Å². The van der Waals surface area contributed by atoms with E-state index in [0.717, 1.165) is 9.79 Å². The van der Waals surface area contributed by atoms with Crippen molar-refractivity contribution >= 4 is 29.3 Å². The van der Waals surface area contributed by atoms with Crippen LogP contribution in [0.15, 0.2) is 88.7 Å². The quantitative estimate of drug-likeness (QED) is 0.460. The minimum Gasteiger partial charge on any atom is -0.493 e. The number of hydrogen-bond donors (Lipinski definition) is 1. The van der Waals surface area contributed by atoms with Gasteiger partial charge in [-0.15, -0.1) is 0 Å². The average Bonchev–Trinajstić information content (AvgIpc) is 2.80. The molecule has 3 aromatic rings. The van der Waals surface area contributed by atoms with Gasteiger partial charge in [-0.05, 0) is 36.4 Å². The summed E-state index contributed by atoms with van der Waals surface area (Å²) < 4.78 is 15.8. The minimum atomic E-state index is -0.517. The van der Waals surface area contributed by atoms with Gasteiger partial charge in [0.2, 0.25) is 0 Å². The fourth-order valence-corrected chi connectivity index (χ4v) is 3.58. The number of benzene rings is 3. The number of methoxy groups -OCH3 is 1. The molecule has 3 aromatic carbocycles. The lowest BCUT2D eigenvalue weighted by Gasteiger charge is -2.12. The molecule has 0 atom stereocenters. The first-order valence-electron chi connectivity index (χ1n) is 9.69. The van der Waals surface area contributed by atoms with Crippen LogP contribution in [-0.4, -0.2) is 32.2 Å². The minimum absolute atomic E-state index is 0.0196. The summed E-state index contributed by atoms with van der Waals surface area (Å²) in [6.45, 7) is -0.241. The van der Waals surface area contributed by atoms with Crippen molar-refractivity contribution in [1.82, 2.24) is 0 Å². The SMILES string of the molecule is COc1ccccc1OCCC(=O)OCC(=O)Nc1ccccc1Sc1ccccc1. The van der Waals surface area contributed by atoms with Crippen LogP contribution in [-0.2, 0) is 14.3 Å². The van der Waals surface area contributed by atoms with Gasteiger partial charge in [0, 0.05) is 9.79 Å². The molecule has 31 heavy (non-hydrogen) atoms. The van der Waals surface area contributed by atoms with E-state index in [1.54, 1.807) is 31.0 Å². The molecule has 7 heteroatoms. The third kappa shape index (κ3) is 7.08. The lowest BCUT2D eigenvalue weighted by molar-refractivity contribution is -0.147. The van der Waals surface area contributed by atoms with Crippen LogP contribution in [0.4, 0.5) is 5.69 Å². The van der Waals surface area contributed by atoms with Gasteiger partial charge >= 0.3 is 5.97 Å². The van der Waals surface area contributed by atoms with Crippen LogP contribution in [0.1, 0.15) is 6.42 Å². The van der Waals surface area contributed by atoms with Crippen LogP contribution < -0.4 is 14.8 Å². The first kappa shape index (κ1) is 22.2. The van der Waals surface area contributed by atoms with Crippen molar-refractivity contribution in [3.05, 3.63) is 78.9 Å². The van der Waals surface area contributed by atoms with E-state index in [1.165, 1.54) is 0 Å². The van der Waals surface area contributed by atoms with E-state index in [0.29, 0.717) is 17.2 Å². The predicted molar refractivity (Wildman–Crippen MR) is 120 cm³/mol. The van der Waals surface area contributed by atoms with Crippen molar-refractivity contribution in [2.75, 3.05) is 25.6 Å². The number of carbonyl (C=O) groups is 2. The normalized spacial score (nSPS) is 10.2. The summed E-state index contributed by atoms with van der Waals surface area (Å²) in [5, 5.41) is 2.80. The zero-order valence-corrected chi connectivity index (χ0v) is 17.9. The van der Waals surface area contributed by atoms with E-state index in [2.05, 4.69) is 5.32 Å². The van der Waals surface area contributed by atoms with Crippen LogP contribution in [0.25, 0.3) is 0 Å². The summed E-state index contributed by atoms with van der Waals surface area (Å²) in [7, 11) is 1.55. The van der Waals surface area contributed by atoms with Crippen LogP contribution >= 0.6 is 11.8 Å². The monoisotopic (exact) mass is 437 g/mol. The fourth-order valence-electron chi connectivity index (χ4n) is 2.66. The Labute approximate surface area is 185 Å². The average molecular weight is 438 g/mol. The molecule has 0 radical (unpaired) electrons. The molecule has 0 aliphatic rings. The van der Waals surface area contributed by atoms with E-state index in [-0.39, 0.29) is 19.6 Å². The Morgan fingerprint density at radius 3 is 2.32 bits per heavy atom. The van der Waals surface area contributed by atoms with Crippen LogP contribution in [0.5, 0.6) is 11.5 Å². The van der Waals surface area contributed by atoms with Gasteiger partial charge in [0.15, 0.2) is 18.1 Å². The zero-order valence-electron chi connectivity index (χ0n) is 17.1. The number of carbonyl (C=O) groups excluding carboxylic acids is 2. The highest BCUT2D eigenvalue weighted by Gasteiger charge is 2.11. The number of para-hydroxylation sites is 3. The van der Waals surface area contributed by atoms with Gasteiger partial charge < -0.3 is 19.5 Å². The highest BCUT2D eigenvalue weighted by Crippen LogP contribution is 2.33. The van der Waals surface area contributed by atoms with E-state index in [9.17, 15) is 9.59 Å². The third-order valence-electron chi connectivity index (χ3n) is 4.13. The van der Waals surface area contributed by atoms with E-state index in [4.69, 9.17) is 14.2 Å². The number of nitrogens with one attached hydrogen (secondary N) is 1. The Morgan fingerprint density at radius 1 is 0.871 bits per heavy atom. The van der Waals surface area contributed by atoms with Crippen LogP contribution in [0.2, 0.25) is 0 Å². The molecular formula is C24H23NO5S. The Kier molecular flexibility index (Phi) is 8.37. The van der Waals surface area contributed by atoms with Crippen molar-refractivity contribution in [3.8, 4) is 11.5 Å². The molecule has 6 nitrogen and oxygen atoms in total. The zero-order chi connectivity index (χ0) is 21.9. The van der Waals surface area contributed by atoms with Gasteiger partial charge in [0.1, 0.15) is 0 Å². The molecule has 0 bridgehead atoms. The Hall–Kier alpha value is -3.45. The Morgan fingerprint density at radius 2 is 1.55 bits per heavy atom. The standard InChI is InChI=1S/C24H23NO5S/c1-28-20-12-6-7-13-21(20)29-16-15-24(27)30-17-23(26)25-19-11-5-8-14-22(19)31-18-9-3-2-4-10-18/h2-14H,15-17H2,1H3,(H,25,26).